The summed E-state index contributed by atoms with van der Waals surface area (Å²) in [7, 11) is 0. The van der Waals surface area contributed by atoms with Crippen LogP contribution in [0.25, 0.3) is 0 Å². The van der Waals surface area contributed by atoms with E-state index in [0.717, 1.165) is 11.1 Å². The maximum absolute atomic E-state index is 11.9. The minimum absolute atomic E-state index is 0.0375. The van der Waals surface area contributed by atoms with Crippen molar-refractivity contribution in [2.75, 3.05) is 5.32 Å². The highest BCUT2D eigenvalue weighted by Crippen LogP contribution is 2.16. The lowest BCUT2D eigenvalue weighted by Gasteiger charge is -2.10. The lowest BCUT2D eigenvalue weighted by Crippen LogP contribution is -2.41. The average Bonchev–Trinajstić information content (AvgIpc) is 2.52. The lowest BCUT2D eigenvalue weighted by molar-refractivity contribution is -0.139. The molecule has 0 saturated heterocycles. The van der Waals surface area contributed by atoms with E-state index in [-0.39, 0.29) is 31.6 Å². The number of amides is 3. The highest BCUT2D eigenvalue weighted by Gasteiger charge is 2.10. The van der Waals surface area contributed by atoms with Gasteiger partial charge in [0, 0.05) is 24.9 Å². The Kier molecular flexibility index (Phi) is 7.41. The highest BCUT2D eigenvalue weighted by atomic mass is 16.4. The van der Waals surface area contributed by atoms with Gasteiger partial charge < -0.3 is 10.4 Å². The van der Waals surface area contributed by atoms with Gasteiger partial charge in [-0.05, 0) is 31.0 Å². The van der Waals surface area contributed by atoms with E-state index in [4.69, 9.17) is 5.11 Å². The van der Waals surface area contributed by atoms with Gasteiger partial charge in [0.25, 0.3) is 0 Å². The Balaban J connectivity index is 2.31. The van der Waals surface area contributed by atoms with E-state index in [1.54, 1.807) is 0 Å². The Morgan fingerprint density at radius 3 is 2.00 bits per heavy atom. The fraction of sp³-hybridized carbons (Fsp3) is 0.375. The molecule has 130 valence electrons. The monoisotopic (exact) mass is 335 g/mol. The molecule has 0 aliphatic carbocycles. The second-order valence-corrected chi connectivity index (χ2v) is 5.36. The summed E-state index contributed by atoms with van der Waals surface area (Å²) in [6.45, 7) is 3.78. The zero-order valence-corrected chi connectivity index (χ0v) is 13.6. The van der Waals surface area contributed by atoms with Gasteiger partial charge in [-0.25, -0.2) is 0 Å². The standard InChI is InChI=1S/C16H21N3O5/c1-10-3-4-11(2)12(9-10)17-13(20)5-6-14(21)18-19-15(22)7-8-16(23)24/h3-4,9H,5-8H2,1-2H3,(H,17,20)(H,18,21)(H,19,22)(H,23,24). The number of hydrogen-bond acceptors (Lipinski definition) is 4. The highest BCUT2D eigenvalue weighted by molar-refractivity contribution is 5.94. The van der Waals surface area contributed by atoms with Crippen LogP contribution in [-0.2, 0) is 19.2 Å². The van der Waals surface area contributed by atoms with Crippen LogP contribution in [0.5, 0.6) is 0 Å². The van der Waals surface area contributed by atoms with Crippen molar-refractivity contribution in [2.45, 2.75) is 39.5 Å². The topological polar surface area (TPSA) is 125 Å². The number of aryl methyl sites for hydroxylation is 2. The van der Waals surface area contributed by atoms with Gasteiger partial charge in [-0.3, -0.25) is 30.0 Å². The predicted octanol–water partition coefficient (Wildman–Crippen LogP) is 1.03. The SMILES string of the molecule is Cc1ccc(C)c(NC(=O)CCC(=O)NNC(=O)CCC(=O)O)c1. The molecule has 0 aliphatic heterocycles. The van der Waals surface area contributed by atoms with Crippen molar-refractivity contribution in [3.05, 3.63) is 29.3 Å². The van der Waals surface area contributed by atoms with Crippen molar-refractivity contribution in [3.63, 3.8) is 0 Å². The molecule has 0 spiro atoms. The van der Waals surface area contributed by atoms with Crippen LogP contribution in [0.4, 0.5) is 5.69 Å². The summed E-state index contributed by atoms with van der Waals surface area (Å²) >= 11 is 0. The number of carboxylic acids is 1. The number of hydrogen-bond donors (Lipinski definition) is 4. The molecule has 0 radical (unpaired) electrons. The van der Waals surface area contributed by atoms with Gasteiger partial charge in [0.1, 0.15) is 0 Å². The smallest absolute Gasteiger partial charge is 0.303 e. The van der Waals surface area contributed by atoms with E-state index in [9.17, 15) is 19.2 Å². The van der Waals surface area contributed by atoms with Crippen molar-refractivity contribution in [1.82, 2.24) is 10.9 Å². The van der Waals surface area contributed by atoms with Gasteiger partial charge in [-0.2, -0.15) is 0 Å². The third kappa shape index (κ3) is 7.39. The van der Waals surface area contributed by atoms with Gasteiger partial charge >= 0.3 is 5.97 Å². The maximum atomic E-state index is 11.9. The molecule has 0 saturated carbocycles. The zero-order chi connectivity index (χ0) is 18.1. The number of rotatable bonds is 7. The van der Waals surface area contributed by atoms with E-state index in [1.165, 1.54) is 0 Å². The first-order chi connectivity index (χ1) is 11.3. The van der Waals surface area contributed by atoms with Gasteiger partial charge in [-0.1, -0.05) is 12.1 Å². The minimum Gasteiger partial charge on any atom is -0.481 e. The summed E-state index contributed by atoms with van der Waals surface area (Å²) in [6, 6.07) is 5.67. The van der Waals surface area contributed by atoms with Crippen LogP contribution in [0.3, 0.4) is 0 Å². The third-order valence-corrected chi connectivity index (χ3v) is 3.15. The summed E-state index contributed by atoms with van der Waals surface area (Å²) in [5.41, 5.74) is 6.86. The Labute approximate surface area is 139 Å². The van der Waals surface area contributed by atoms with Gasteiger partial charge in [0.2, 0.25) is 17.7 Å². The largest absolute Gasteiger partial charge is 0.481 e. The summed E-state index contributed by atoms with van der Waals surface area (Å²) < 4.78 is 0. The molecule has 8 nitrogen and oxygen atoms in total. The molecule has 8 heteroatoms. The van der Waals surface area contributed by atoms with E-state index in [0.29, 0.717) is 5.69 Å². The maximum Gasteiger partial charge on any atom is 0.303 e. The Morgan fingerprint density at radius 2 is 1.42 bits per heavy atom. The molecule has 1 rings (SSSR count). The number of hydrazine groups is 1. The number of carbonyl (C=O) groups is 4. The van der Waals surface area contributed by atoms with E-state index in [2.05, 4.69) is 16.2 Å². The number of nitrogens with one attached hydrogen (secondary N) is 3. The van der Waals surface area contributed by atoms with Crippen LogP contribution in [0.2, 0.25) is 0 Å². The minimum atomic E-state index is -1.10. The first-order valence-corrected chi connectivity index (χ1v) is 7.44. The molecular formula is C16H21N3O5. The van der Waals surface area contributed by atoms with Crippen molar-refractivity contribution in [3.8, 4) is 0 Å². The van der Waals surface area contributed by atoms with Crippen molar-refractivity contribution in [1.29, 1.82) is 0 Å². The predicted molar refractivity (Wildman–Crippen MR) is 86.9 cm³/mol. The molecule has 0 aromatic heterocycles. The molecular weight excluding hydrogens is 314 g/mol. The van der Waals surface area contributed by atoms with Crippen molar-refractivity contribution >= 4 is 29.4 Å². The van der Waals surface area contributed by atoms with Crippen LogP contribution < -0.4 is 16.2 Å². The molecule has 24 heavy (non-hydrogen) atoms. The van der Waals surface area contributed by atoms with Gasteiger partial charge in [0.05, 0.1) is 6.42 Å². The molecule has 3 amide bonds. The van der Waals surface area contributed by atoms with Crippen LogP contribution in [0.15, 0.2) is 18.2 Å². The second kappa shape index (κ2) is 9.29. The number of benzene rings is 1. The number of carboxylic acid groups (broad SMARTS) is 1. The first-order valence-electron chi connectivity index (χ1n) is 7.44. The zero-order valence-electron chi connectivity index (χ0n) is 13.6. The van der Waals surface area contributed by atoms with Crippen LogP contribution in [0, 0.1) is 13.8 Å². The first kappa shape index (κ1) is 19.1. The molecule has 0 fully saturated rings. The molecule has 1 aromatic carbocycles. The van der Waals surface area contributed by atoms with Crippen molar-refractivity contribution in [2.24, 2.45) is 0 Å². The van der Waals surface area contributed by atoms with Gasteiger partial charge in [-0.15, -0.1) is 0 Å². The molecule has 0 aliphatic rings. The Morgan fingerprint density at radius 1 is 0.875 bits per heavy atom. The van der Waals surface area contributed by atoms with Gasteiger partial charge in [0.15, 0.2) is 0 Å². The summed E-state index contributed by atoms with van der Waals surface area (Å²) in [5, 5.41) is 11.2. The van der Waals surface area contributed by atoms with E-state index in [1.807, 2.05) is 32.0 Å². The fourth-order valence-corrected chi connectivity index (χ4v) is 1.80. The van der Waals surface area contributed by atoms with Crippen molar-refractivity contribution < 1.29 is 24.3 Å². The summed E-state index contributed by atoms with van der Waals surface area (Å²) in [4.78, 5) is 44.9. The molecule has 1 aromatic rings. The van der Waals surface area contributed by atoms with Crippen LogP contribution in [0.1, 0.15) is 36.8 Å². The molecule has 0 atom stereocenters. The van der Waals surface area contributed by atoms with E-state index < -0.39 is 17.8 Å². The lowest BCUT2D eigenvalue weighted by atomic mass is 10.1. The summed E-state index contributed by atoms with van der Waals surface area (Å²) in [6.07, 6.45) is -0.692. The molecule has 0 unspecified atom stereocenters. The molecule has 0 bridgehead atoms. The average molecular weight is 335 g/mol. The van der Waals surface area contributed by atoms with E-state index >= 15 is 0 Å². The molecule has 0 heterocycles. The normalized spacial score (nSPS) is 9.92. The summed E-state index contributed by atoms with van der Waals surface area (Å²) in [5.74, 6) is -2.55. The Bertz CT molecular complexity index is 643. The fourth-order valence-electron chi connectivity index (χ4n) is 1.80. The quantitative estimate of drug-likeness (QED) is 0.554. The number of aliphatic carboxylic acids is 1. The number of anilines is 1. The van der Waals surface area contributed by atoms with Crippen LogP contribution >= 0.6 is 0 Å². The third-order valence-electron chi connectivity index (χ3n) is 3.15. The molecule has 4 N–H and O–H groups in total. The number of carbonyl (C=O) groups excluding carboxylic acids is 3. The second-order valence-electron chi connectivity index (χ2n) is 5.36. The van der Waals surface area contributed by atoms with Crippen LogP contribution in [-0.4, -0.2) is 28.8 Å². The Hall–Kier alpha value is -2.90.